The van der Waals surface area contributed by atoms with Gasteiger partial charge in [0.05, 0.1) is 6.54 Å². The standard InChI is InChI=1S/C17H27N3O.ClH/c1-2-20(16-9-4-3-5-10-16)17(21)14-19-13-7-6-8-15(19)11-12-18;/h3-5,9-10,15H,2,6-8,11-14,18H2,1H3;1H. The minimum atomic E-state index is 0. The van der Waals surface area contributed by atoms with E-state index >= 15 is 0 Å². The molecule has 1 unspecified atom stereocenters. The summed E-state index contributed by atoms with van der Waals surface area (Å²) < 4.78 is 0. The molecule has 1 atom stereocenters. The van der Waals surface area contributed by atoms with Crippen molar-refractivity contribution in [3.63, 3.8) is 0 Å². The van der Waals surface area contributed by atoms with E-state index < -0.39 is 0 Å². The third-order valence-corrected chi connectivity index (χ3v) is 4.27. The van der Waals surface area contributed by atoms with Gasteiger partial charge in [0, 0.05) is 18.3 Å². The number of halogens is 1. The number of nitrogens with zero attached hydrogens (tertiary/aromatic N) is 2. The molecule has 0 radical (unpaired) electrons. The van der Waals surface area contributed by atoms with Gasteiger partial charge in [-0.1, -0.05) is 24.6 Å². The van der Waals surface area contributed by atoms with Crippen LogP contribution in [0.4, 0.5) is 5.69 Å². The van der Waals surface area contributed by atoms with E-state index in [1.165, 1.54) is 19.3 Å². The largest absolute Gasteiger partial charge is 0.330 e. The molecule has 22 heavy (non-hydrogen) atoms. The van der Waals surface area contributed by atoms with Crippen LogP contribution in [0.5, 0.6) is 0 Å². The second kappa shape index (κ2) is 9.82. The lowest BCUT2D eigenvalue weighted by molar-refractivity contribution is -0.120. The number of likely N-dealkylation sites (tertiary alicyclic amines) is 1. The molecule has 5 heteroatoms. The van der Waals surface area contributed by atoms with Gasteiger partial charge < -0.3 is 10.6 Å². The zero-order chi connectivity index (χ0) is 15.1. The molecule has 0 spiro atoms. The first-order chi connectivity index (χ1) is 10.3. The van der Waals surface area contributed by atoms with E-state index in [-0.39, 0.29) is 18.3 Å². The number of amides is 1. The lowest BCUT2D eigenvalue weighted by Crippen LogP contribution is -2.47. The minimum absolute atomic E-state index is 0. The van der Waals surface area contributed by atoms with Gasteiger partial charge in [0.1, 0.15) is 0 Å². The van der Waals surface area contributed by atoms with Gasteiger partial charge in [0.2, 0.25) is 5.91 Å². The molecule has 124 valence electrons. The molecule has 1 aromatic rings. The first kappa shape index (κ1) is 18.9. The maximum atomic E-state index is 12.6. The fourth-order valence-corrected chi connectivity index (χ4v) is 3.16. The summed E-state index contributed by atoms with van der Waals surface area (Å²) in [5.74, 6) is 0.188. The minimum Gasteiger partial charge on any atom is -0.330 e. The summed E-state index contributed by atoms with van der Waals surface area (Å²) in [7, 11) is 0. The SMILES string of the molecule is CCN(C(=O)CN1CCCCC1CCN)c1ccccc1.Cl. The number of hydrogen-bond donors (Lipinski definition) is 1. The van der Waals surface area contributed by atoms with Crippen LogP contribution >= 0.6 is 12.4 Å². The number of likely N-dealkylation sites (N-methyl/N-ethyl adjacent to an activating group) is 1. The third kappa shape index (κ3) is 4.97. The average molecular weight is 326 g/mol. The quantitative estimate of drug-likeness (QED) is 0.874. The lowest BCUT2D eigenvalue weighted by Gasteiger charge is -2.36. The highest BCUT2D eigenvalue weighted by Gasteiger charge is 2.25. The molecule has 2 N–H and O–H groups in total. The Morgan fingerprint density at radius 2 is 2.05 bits per heavy atom. The Morgan fingerprint density at radius 1 is 1.32 bits per heavy atom. The monoisotopic (exact) mass is 325 g/mol. The lowest BCUT2D eigenvalue weighted by atomic mass is 9.99. The number of piperidine rings is 1. The Morgan fingerprint density at radius 3 is 2.68 bits per heavy atom. The van der Waals surface area contributed by atoms with Crippen LogP contribution in [0.25, 0.3) is 0 Å². The molecular formula is C17H28ClN3O. The van der Waals surface area contributed by atoms with Crippen LogP contribution in [0.15, 0.2) is 30.3 Å². The van der Waals surface area contributed by atoms with Gasteiger partial charge in [0.15, 0.2) is 0 Å². The molecule has 0 aromatic heterocycles. The highest BCUT2D eigenvalue weighted by Crippen LogP contribution is 2.20. The summed E-state index contributed by atoms with van der Waals surface area (Å²) in [5, 5.41) is 0. The van der Waals surface area contributed by atoms with Crippen molar-refractivity contribution in [2.24, 2.45) is 5.73 Å². The van der Waals surface area contributed by atoms with Gasteiger partial charge in [-0.05, 0) is 51.4 Å². The Bertz CT molecular complexity index is 439. The van der Waals surface area contributed by atoms with Gasteiger partial charge in [-0.25, -0.2) is 0 Å². The fourth-order valence-electron chi connectivity index (χ4n) is 3.16. The molecule has 1 amide bonds. The van der Waals surface area contributed by atoms with Crippen LogP contribution < -0.4 is 10.6 Å². The number of anilines is 1. The van der Waals surface area contributed by atoms with Crippen molar-refractivity contribution < 1.29 is 4.79 Å². The van der Waals surface area contributed by atoms with Crippen molar-refractivity contribution >= 4 is 24.0 Å². The van der Waals surface area contributed by atoms with Crippen molar-refractivity contribution in [1.29, 1.82) is 0 Å². The molecule has 4 nitrogen and oxygen atoms in total. The van der Waals surface area contributed by atoms with Crippen LogP contribution in [0.1, 0.15) is 32.6 Å². The number of carbonyl (C=O) groups is 1. The molecule has 0 bridgehead atoms. The van der Waals surface area contributed by atoms with Crippen LogP contribution in [0.2, 0.25) is 0 Å². The second-order valence-electron chi connectivity index (χ2n) is 5.67. The van der Waals surface area contributed by atoms with Crippen LogP contribution in [-0.4, -0.2) is 43.0 Å². The van der Waals surface area contributed by atoms with Gasteiger partial charge in [-0.3, -0.25) is 9.69 Å². The maximum Gasteiger partial charge on any atom is 0.241 e. The van der Waals surface area contributed by atoms with Crippen LogP contribution in [0, 0.1) is 0 Å². The normalized spacial score (nSPS) is 18.5. The zero-order valence-corrected chi connectivity index (χ0v) is 14.2. The third-order valence-electron chi connectivity index (χ3n) is 4.27. The van der Waals surface area contributed by atoms with Gasteiger partial charge in [0.25, 0.3) is 0 Å². The molecule has 1 aliphatic rings. The summed E-state index contributed by atoms with van der Waals surface area (Å²) in [5.41, 5.74) is 6.69. The number of para-hydroxylation sites is 1. The number of benzene rings is 1. The Kier molecular flexibility index (Phi) is 8.46. The Hall–Kier alpha value is -1.10. The molecule has 0 aliphatic carbocycles. The summed E-state index contributed by atoms with van der Waals surface area (Å²) >= 11 is 0. The molecular weight excluding hydrogens is 298 g/mol. The summed E-state index contributed by atoms with van der Waals surface area (Å²) in [6.07, 6.45) is 4.60. The van der Waals surface area contributed by atoms with E-state index in [1.807, 2.05) is 42.2 Å². The summed E-state index contributed by atoms with van der Waals surface area (Å²) in [6, 6.07) is 10.4. The van der Waals surface area contributed by atoms with E-state index in [0.717, 1.165) is 18.7 Å². The first-order valence-corrected chi connectivity index (χ1v) is 8.05. The Balaban J connectivity index is 0.00000242. The number of hydrogen-bond acceptors (Lipinski definition) is 3. The number of rotatable bonds is 6. The predicted octanol–water partition coefficient (Wildman–Crippen LogP) is 2.66. The highest BCUT2D eigenvalue weighted by atomic mass is 35.5. The van der Waals surface area contributed by atoms with Gasteiger partial charge in [-0.15, -0.1) is 12.4 Å². The van der Waals surface area contributed by atoms with Crippen molar-refractivity contribution in [3.8, 4) is 0 Å². The van der Waals surface area contributed by atoms with E-state index in [1.54, 1.807) is 0 Å². The number of carbonyl (C=O) groups excluding carboxylic acids is 1. The van der Waals surface area contributed by atoms with Gasteiger partial charge in [-0.2, -0.15) is 0 Å². The smallest absolute Gasteiger partial charge is 0.241 e. The Labute approximate surface area is 140 Å². The molecule has 1 heterocycles. The van der Waals surface area contributed by atoms with Crippen LogP contribution in [-0.2, 0) is 4.79 Å². The predicted molar refractivity (Wildman–Crippen MR) is 94.6 cm³/mol. The maximum absolute atomic E-state index is 12.6. The van der Waals surface area contributed by atoms with E-state index in [0.29, 0.717) is 25.7 Å². The summed E-state index contributed by atoms with van der Waals surface area (Å²) in [4.78, 5) is 16.8. The molecule has 1 saturated heterocycles. The first-order valence-electron chi connectivity index (χ1n) is 8.05. The average Bonchev–Trinajstić information content (AvgIpc) is 2.51. The van der Waals surface area contributed by atoms with E-state index in [9.17, 15) is 4.79 Å². The number of nitrogens with two attached hydrogens (primary N) is 1. The van der Waals surface area contributed by atoms with Crippen molar-refractivity contribution in [3.05, 3.63) is 30.3 Å². The van der Waals surface area contributed by atoms with Crippen molar-refractivity contribution in [2.45, 2.75) is 38.6 Å². The molecule has 1 aromatic carbocycles. The zero-order valence-electron chi connectivity index (χ0n) is 13.4. The highest BCUT2D eigenvalue weighted by molar-refractivity contribution is 5.94. The topological polar surface area (TPSA) is 49.6 Å². The fraction of sp³-hybridized carbons (Fsp3) is 0.588. The summed E-state index contributed by atoms with van der Waals surface area (Å²) in [6.45, 7) is 4.96. The second-order valence-corrected chi connectivity index (χ2v) is 5.67. The van der Waals surface area contributed by atoms with Gasteiger partial charge >= 0.3 is 0 Å². The van der Waals surface area contributed by atoms with E-state index in [2.05, 4.69) is 4.90 Å². The van der Waals surface area contributed by atoms with Crippen LogP contribution in [0.3, 0.4) is 0 Å². The van der Waals surface area contributed by atoms with Crippen molar-refractivity contribution in [1.82, 2.24) is 4.90 Å². The molecule has 1 aliphatic heterocycles. The van der Waals surface area contributed by atoms with Crippen molar-refractivity contribution in [2.75, 3.05) is 31.1 Å². The molecule has 2 rings (SSSR count). The molecule has 0 saturated carbocycles. The molecule has 1 fully saturated rings. The van der Waals surface area contributed by atoms with E-state index in [4.69, 9.17) is 5.73 Å².